The lowest BCUT2D eigenvalue weighted by molar-refractivity contribution is -0.144. The highest BCUT2D eigenvalue weighted by molar-refractivity contribution is 5.94. The van der Waals surface area contributed by atoms with E-state index in [0.29, 0.717) is 32.2 Å². The molecule has 0 aromatic carbocycles. The summed E-state index contributed by atoms with van der Waals surface area (Å²) < 4.78 is 0. The van der Waals surface area contributed by atoms with E-state index in [4.69, 9.17) is 16.6 Å². The Kier molecular flexibility index (Phi) is 14.6. The molecule has 10 N–H and O–H groups in total. The number of aliphatic hydroxyl groups excluding tert-OH is 1. The Labute approximate surface area is 192 Å². The predicted molar refractivity (Wildman–Crippen MR) is 118 cm³/mol. The summed E-state index contributed by atoms with van der Waals surface area (Å²) in [4.78, 5) is 59.8. The van der Waals surface area contributed by atoms with Crippen LogP contribution in [-0.4, -0.2) is 82.3 Å². The second-order valence-electron chi connectivity index (χ2n) is 7.84. The van der Waals surface area contributed by atoms with Crippen molar-refractivity contribution >= 4 is 29.7 Å². The fourth-order valence-corrected chi connectivity index (χ4v) is 2.86. The third kappa shape index (κ3) is 11.6. The SMILES string of the molecule is CCC(C)C(NC(=O)C(CO)NC(=O)C(CCC(=O)O)NC(=O)C(N)CCCCN)C(=O)O. The van der Waals surface area contributed by atoms with E-state index in [2.05, 4.69) is 16.0 Å². The van der Waals surface area contributed by atoms with Crippen LogP contribution in [0.5, 0.6) is 0 Å². The lowest BCUT2D eigenvalue weighted by Crippen LogP contribution is -2.58. The lowest BCUT2D eigenvalue weighted by atomic mass is 9.99. The number of carboxylic acid groups (broad SMARTS) is 2. The van der Waals surface area contributed by atoms with E-state index in [-0.39, 0.29) is 6.42 Å². The second-order valence-corrected chi connectivity index (χ2v) is 7.84. The van der Waals surface area contributed by atoms with Crippen LogP contribution in [0.25, 0.3) is 0 Å². The summed E-state index contributed by atoms with van der Waals surface area (Å²) in [7, 11) is 0. The summed E-state index contributed by atoms with van der Waals surface area (Å²) in [5.74, 6) is -5.40. The Morgan fingerprint density at radius 2 is 1.45 bits per heavy atom. The van der Waals surface area contributed by atoms with Crippen LogP contribution in [-0.2, 0) is 24.0 Å². The molecule has 0 radical (unpaired) electrons. The number of nitrogens with one attached hydrogen (secondary N) is 3. The first-order valence-corrected chi connectivity index (χ1v) is 10.9. The predicted octanol–water partition coefficient (Wildman–Crippen LogP) is -2.12. The summed E-state index contributed by atoms with van der Waals surface area (Å²) in [6.45, 7) is 2.96. The zero-order valence-corrected chi connectivity index (χ0v) is 19.1. The molecule has 0 saturated heterocycles. The summed E-state index contributed by atoms with van der Waals surface area (Å²) in [6.07, 6.45) is 1.28. The molecule has 13 heteroatoms. The van der Waals surface area contributed by atoms with Gasteiger partial charge < -0.3 is 42.7 Å². The fraction of sp³-hybridized carbons (Fsp3) is 0.750. The van der Waals surface area contributed by atoms with E-state index in [1.165, 1.54) is 0 Å². The van der Waals surface area contributed by atoms with Gasteiger partial charge in [0.25, 0.3) is 0 Å². The first kappa shape index (κ1) is 30.2. The first-order chi connectivity index (χ1) is 15.5. The van der Waals surface area contributed by atoms with Crippen LogP contribution in [0.4, 0.5) is 0 Å². The topological polar surface area (TPSA) is 234 Å². The zero-order chi connectivity index (χ0) is 25.6. The van der Waals surface area contributed by atoms with Crippen molar-refractivity contribution in [2.24, 2.45) is 17.4 Å². The van der Waals surface area contributed by atoms with Gasteiger partial charge in [-0.3, -0.25) is 19.2 Å². The number of unbranched alkanes of at least 4 members (excludes halogenated alkanes) is 1. The average Bonchev–Trinajstić information content (AvgIpc) is 2.76. The van der Waals surface area contributed by atoms with Crippen LogP contribution in [0.3, 0.4) is 0 Å². The van der Waals surface area contributed by atoms with Crippen LogP contribution in [0.2, 0.25) is 0 Å². The smallest absolute Gasteiger partial charge is 0.326 e. The quantitative estimate of drug-likeness (QED) is 0.106. The average molecular weight is 476 g/mol. The zero-order valence-electron chi connectivity index (χ0n) is 19.1. The molecule has 0 fully saturated rings. The number of nitrogens with two attached hydrogens (primary N) is 2. The Morgan fingerprint density at radius 1 is 0.879 bits per heavy atom. The van der Waals surface area contributed by atoms with Crippen LogP contribution in [0, 0.1) is 5.92 Å². The van der Waals surface area contributed by atoms with E-state index in [0.717, 1.165) is 0 Å². The van der Waals surface area contributed by atoms with Crippen LogP contribution >= 0.6 is 0 Å². The number of carbonyl (C=O) groups is 5. The number of rotatable bonds is 17. The van der Waals surface area contributed by atoms with Gasteiger partial charge in [0.15, 0.2) is 0 Å². The molecule has 0 rings (SSSR count). The van der Waals surface area contributed by atoms with Gasteiger partial charge in [0, 0.05) is 6.42 Å². The van der Waals surface area contributed by atoms with E-state index < -0.39 is 72.8 Å². The Balaban J connectivity index is 5.28. The summed E-state index contributed by atoms with van der Waals surface area (Å²) in [5.41, 5.74) is 11.2. The number of hydrogen-bond donors (Lipinski definition) is 8. The van der Waals surface area contributed by atoms with Gasteiger partial charge >= 0.3 is 11.9 Å². The molecule has 0 aromatic heterocycles. The van der Waals surface area contributed by atoms with Gasteiger partial charge in [-0.1, -0.05) is 26.7 Å². The minimum absolute atomic E-state index is 0.285. The molecule has 0 aliphatic rings. The molecule has 0 aliphatic heterocycles. The highest BCUT2D eigenvalue weighted by Gasteiger charge is 2.31. The molecule has 33 heavy (non-hydrogen) atoms. The molecule has 5 atom stereocenters. The van der Waals surface area contributed by atoms with Gasteiger partial charge in [0.05, 0.1) is 12.6 Å². The second kappa shape index (κ2) is 15.9. The van der Waals surface area contributed by atoms with Gasteiger partial charge in [-0.15, -0.1) is 0 Å². The van der Waals surface area contributed by atoms with Gasteiger partial charge in [-0.2, -0.15) is 0 Å². The molecule has 0 saturated carbocycles. The lowest BCUT2D eigenvalue weighted by Gasteiger charge is -2.25. The molecular weight excluding hydrogens is 438 g/mol. The van der Waals surface area contributed by atoms with Crippen LogP contribution < -0.4 is 27.4 Å². The van der Waals surface area contributed by atoms with Crippen molar-refractivity contribution in [1.82, 2.24) is 16.0 Å². The maximum absolute atomic E-state index is 12.7. The summed E-state index contributed by atoms with van der Waals surface area (Å²) >= 11 is 0. The van der Waals surface area contributed by atoms with E-state index in [9.17, 15) is 34.2 Å². The minimum atomic E-state index is -1.51. The van der Waals surface area contributed by atoms with E-state index in [1.807, 2.05) is 0 Å². The van der Waals surface area contributed by atoms with Gasteiger partial charge in [0.2, 0.25) is 17.7 Å². The summed E-state index contributed by atoms with van der Waals surface area (Å²) in [5, 5.41) is 34.7. The minimum Gasteiger partial charge on any atom is -0.481 e. The Morgan fingerprint density at radius 3 is 1.94 bits per heavy atom. The number of carbonyl (C=O) groups excluding carboxylic acids is 3. The molecule has 13 nitrogen and oxygen atoms in total. The third-order valence-electron chi connectivity index (χ3n) is 5.18. The van der Waals surface area contributed by atoms with Crippen LogP contribution in [0.1, 0.15) is 52.4 Å². The van der Waals surface area contributed by atoms with Crippen molar-refractivity contribution < 1.29 is 39.3 Å². The molecule has 0 aromatic rings. The van der Waals surface area contributed by atoms with Crippen molar-refractivity contribution in [3.05, 3.63) is 0 Å². The maximum atomic E-state index is 12.7. The van der Waals surface area contributed by atoms with Gasteiger partial charge in [-0.25, -0.2) is 4.79 Å². The third-order valence-corrected chi connectivity index (χ3v) is 5.18. The normalized spacial score (nSPS) is 15.4. The number of aliphatic hydroxyl groups is 1. The van der Waals surface area contributed by atoms with Gasteiger partial charge in [-0.05, 0) is 31.7 Å². The fourth-order valence-electron chi connectivity index (χ4n) is 2.86. The number of aliphatic carboxylic acids is 2. The monoisotopic (exact) mass is 475 g/mol. The van der Waals surface area contributed by atoms with Crippen molar-refractivity contribution in [2.45, 2.75) is 76.5 Å². The molecule has 0 heterocycles. The molecule has 0 spiro atoms. The van der Waals surface area contributed by atoms with E-state index in [1.54, 1.807) is 13.8 Å². The van der Waals surface area contributed by atoms with E-state index >= 15 is 0 Å². The number of carboxylic acids is 2. The van der Waals surface area contributed by atoms with Crippen molar-refractivity contribution in [2.75, 3.05) is 13.2 Å². The molecule has 0 aliphatic carbocycles. The van der Waals surface area contributed by atoms with Crippen molar-refractivity contribution in [1.29, 1.82) is 0 Å². The number of hydrogen-bond acceptors (Lipinski definition) is 8. The molecule has 190 valence electrons. The maximum Gasteiger partial charge on any atom is 0.326 e. The Bertz CT molecular complexity index is 675. The molecule has 0 bridgehead atoms. The highest BCUT2D eigenvalue weighted by atomic mass is 16.4. The highest BCUT2D eigenvalue weighted by Crippen LogP contribution is 2.08. The molecule has 3 amide bonds. The standard InChI is InChI=1S/C20H37N5O8/c1-3-11(2)16(20(32)33)25-19(31)14(10-26)24-18(30)13(7-8-15(27)28)23-17(29)12(22)6-4-5-9-21/h11-14,16,26H,3-10,21-22H2,1-2H3,(H,23,29)(H,24,30)(H,25,31)(H,27,28)(H,32,33). The molecule has 5 unspecified atom stereocenters. The largest absolute Gasteiger partial charge is 0.481 e. The van der Waals surface area contributed by atoms with Gasteiger partial charge in [0.1, 0.15) is 18.1 Å². The van der Waals surface area contributed by atoms with Crippen LogP contribution in [0.15, 0.2) is 0 Å². The van der Waals surface area contributed by atoms with Crippen molar-refractivity contribution in [3.63, 3.8) is 0 Å². The number of amides is 3. The molecular formula is C20H37N5O8. The first-order valence-electron chi connectivity index (χ1n) is 10.9. The Hall–Kier alpha value is -2.77. The summed E-state index contributed by atoms with van der Waals surface area (Å²) in [6, 6.07) is -5.02. The van der Waals surface area contributed by atoms with Crippen molar-refractivity contribution in [3.8, 4) is 0 Å².